The van der Waals surface area contributed by atoms with Crippen molar-refractivity contribution in [3.63, 3.8) is 0 Å². The van der Waals surface area contributed by atoms with Crippen LogP contribution in [0.5, 0.6) is 0 Å². The van der Waals surface area contributed by atoms with Crippen LogP contribution in [0.1, 0.15) is 18.0 Å². The molecule has 84 valence electrons. The van der Waals surface area contributed by atoms with Gasteiger partial charge in [-0.3, -0.25) is 4.98 Å². The minimum atomic E-state index is -2.77. The van der Waals surface area contributed by atoms with E-state index in [1.807, 2.05) is 0 Å². The molecule has 0 bridgehead atoms. The van der Waals surface area contributed by atoms with Crippen molar-refractivity contribution in [1.82, 2.24) is 15.2 Å². The molecule has 7 heteroatoms. The van der Waals surface area contributed by atoms with Crippen LogP contribution < -0.4 is 5.73 Å². The van der Waals surface area contributed by atoms with Crippen molar-refractivity contribution in [2.45, 2.75) is 13.0 Å². The summed E-state index contributed by atoms with van der Waals surface area (Å²) >= 11 is 0. The van der Waals surface area contributed by atoms with Crippen LogP contribution in [0.4, 0.5) is 8.78 Å². The van der Waals surface area contributed by atoms with Crippen molar-refractivity contribution in [1.29, 1.82) is 0 Å². The number of hydrogen-bond acceptors (Lipinski definition) is 5. The zero-order valence-corrected chi connectivity index (χ0v) is 8.10. The third-order valence-electron chi connectivity index (χ3n) is 1.91. The first kappa shape index (κ1) is 10.6. The van der Waals surface area contributed by atoms with Gasteiger partial charge in [-0.2, -0.15) is 8.78 Å². The van der Waals surface area contributed by atoms with Crippen LogP contribution in [-0.2, 0) is 6.54 Å². The predicted octanol–water partition coefficient (Wildman–Crippen LogP) is 1.53. The quantitative estimate of drug-likeness (QED) is 0.858. The molecule has 2 aromatic heterocycles. The van der Waals surface area contributed by atoms with Gasteiger partial charge in [-0.1, -0.05) is 0 Å². The molecule has 0 aromatic carbocycles. The maximum absolute atomic E-state index is 12.2. The Bertz CT molecular complexity index is 469. The number of alkyl halides is 2. The van der Waals surface area contributed by atoms with Gasteiger partial charge < -0.3 is 10.2 Å². The maximum Gasteiger partial charge on any atom is 0.314 e. The highest BCUT2D eigenvalue weighted by molar-refractivity contribution is 5.50. The number of nitrogens with two attached hydrogens (primary N) is 1. The van der Waals surface area contributed by atoms with E-state index < -0.39 is 12.3 Å². The Hall–Kier alpha value is -1.89. The average Bonchev–Trinajstić information content (AvgIpc) is 2.78. The second-order valence-corrected chi connectivity index (χ2v) is 2.99. The summed E-state index contributed by atoms with van der Waals surface area (Å²) in [6.45, 7) is 0.312. The Morgan fingerprint density at radius 2 is 2.12 bits per heavy atom. The van der Waals surface area contributed by atoms with Gasteiger partial charge in [-0.25, -0.2) is 0 Å². The fourth-order valence-corrected chi connectivity index (χ4v) is 1.11. The van der Waals surface area contributed by atoms with Gasteiger partial charge in [0.2, 0.25) is 5.89 Å². The van der Waals surface area contributed by atoms with Crippen LogP contribution in [0.15, 0.2) is 22.7 Å². The molecule has 2 N–H and O–H groups in total. The number of halogens is 2. The fourth-order valence-electron chi connectivity index (χ4n) is 1.11. The molecule has 2 aromatic rings. The van der Waals surface area contributed by atoms with Crippen LogP contribution in [-0.4, -0.2) is 15.2 Å². The molecule has 0 fully saturated rings. The molecular weight excluding hydrogens is 218 g/mol. The standard InChI is InChI=1S/C9H8F2N4O/c10-7(11)9-15-14-8(16-9)5-1-2-6(3-12)13-4-5/h1-2,4,7H,3,12H2. The highest BCUT2D eigenvalue weighted by atomic mass is 19.3. The second kappa shape index (κ2) is 4.31. The predicted molar refractivity (Wildman–Crippen MR) is 50.4 cm³/mol. The summed E-state index contributed by atoms with van der Waals surface area (Å²) < 4.78 is 29.1. The molecule has 0 spiro atoms. The summed E-state index contributed by atoms with van der Waals surface area (Å²) in [5.74, 6) is -0.677. The molecule has 0 unspecified atom stereocenters. The zero-order valence-electron chi connectivity index (χ0n) is 8.10. The first-order valence-corrected chi connectivity index (χ1v) is 4.47. The van der Waals surface area contributed by atoms with E-state index in [-0.39, 0.29) is 5.89 Å². The van der Waals surface area contributed by atoms with E-state index in [1.165, 1.54) is 6.20 Å². The Morgan fingerprint density at radius 1 is 1.31 bits per heavy atom. The smallest absolute Gasteiger partial charge is 0.314 e. The van der Waals surface area contributed by atoms with E-state index in [1.54, 1.807) is 12.1 Å². The molecule has 5 nitrogen and oxygen atoms in total. The van der Waals surface area contributed by atoms with Gasteiger partial charge in [0.1, 0.15) is 0 Å². The number of aromatic nitrogens is 3. The normalized spacial score (nSPS) is 11.0. The van der Waals surface area contributed by atoms with Crippen molar-refractivity contribution in [2.75, 3.05) is 0 Å². The lowest BCUT2D eigenvalue weighted by atomic mass is 10.2. The lowest BCUT2D eigenvalue weighted by Crippen LogP contribution is -1.98. The van der Waals surface area contributed by atoms with Crippen LogP contribution >= 0.6 is 0 Å². The van der Waals surface area contributed by atoms with Crippen LogP contribution in [0, 0.1) is 0 Å². The molecular formula is C9H8F2N4O. The van der Waals surface area contributed by atoms with Gasteiger partial charge in [0.25, 0.3) is 5.89 Å². The maximum atomic E-state index is 12.2. The van der Waals surface area contributed by atoms with E-state index >= 15 is 0 Å². The Morgan fingerprint density at radius 3 is 2.62 bits per heavy atom. The molecule has 0 saturated carbocycles. The van der Waals surface area contributed by atoms with Gasteiger partial charge in [0, 0.05) is 12.7 Å². The molecule has 0 saturated heterocycles. The van der Waals surface area contributed by atoms with Gasteiger partial charge in [0.05, 0.1) is 11.3 Å². The summed E-state index contributed by atoms with van der Waals surface area (Å²) in [4.78, 5) is 3.99. The largest absolute Gasteiger partial charge is 0.415 e. The second-order valence-electron chi connectivity index (χ2n) is 2.99. The van der Waals surface area contributed by atoms with Crippen molar-refractivity contribution in [3.8, 4) is 11.5 Å². The van der Waals surface area contributed by atoms with Gasteiger partial charge in [-0.15, -0.1) is 10.2 Å². The summed E-state index contributed by atoms with van der Waals surface area (Å²) in [7, 11) is 0. The van der Waals surface area contributed by atoms with E-state index in [4.69, 9.17) is 10.2 Å². The number of nitrogens with zero attached hydrogens (tertiary/aromatic N) is 3. The number of rotatable bonds is 3. The van der Waals surface area contributed by atoms with Crippen molar-refractivity contribution >= 4 is 0 Å². The SMILES string of the molecule is NCc1ccc(-c2nnc(C(F)F)o2)cn1. The molecule has 2 heterocycles. The molecule has 2 rings (SSSR count). The molecule has 16 heavy (non-hydrogen) atoms. The molecule has 0 radical (unpaired) electrons. The number of pyridine rings is 1. The van der Waals surface area contributed by atoms with E-state index in [0.29, 0.717) is 17.8 Å². The van der Waals surface area contributed by atoms with Gasteiger partial charge in [-0.05, 0) is 12.1 Å². The third kappa shape index (κ3) is 2.03. The first-order valence-electron chi connectivity index (χ1n) is 4.47. The van der Waals surface area contributed by atoms with E-state index in [2.05, 4.69) is 15.2 Å². The lowest BCUT2D eigenvalue weighted by Gasteiger charge is -1.96. The summed E-state index contributed by atoms with van der Waals surface area (Å²) in [5.41, 5.74) is 6.54. The minimum Gasteiger partial charge on any atom is -0.415 e. The molecule has 0 atom stereocenters. The third-order valence-corrected chi connectivity index (χ3v) is 1.91. The van der Waals surface area contributed by atoms with Gasteiger partial charge >= 0.3 is 6.43 Å². The summed E-state index contributed by atoms with van der Waals surface area (Å²) in [6, 6.07) is 3.31. The van der Waals surface area contributed by atoms with Crippen LogP contribution in [0.25, 0.3) is 11.5 Å². The first-order chi connectivity index (χ1) is 7.70. The Kier molecular flexibility index (Phi) is 2.86. The Labute approximate surface area is 89.3 Å². The van der Waals surface area contributed by atoms with E-state index in [9.17, 15) is 8.78 Å². The fraction of sp³-hybridized carbons (Fsp3) is 0.222. The minimum absolute atomic E-state index is 0.0198. The average molecular weight is 226 g/mol. The monoisotopic (exact) mass is 226 g/mol. The molecule has 0 aliphatic carbocycles. The molecule has 0 amide bonds. The van der Waals surface area contributed by atoms with E-state index in [0.717, 1.165) is 0 Å². The highest BCUT2D eigenvalue weighted by Crippen LogP contribution is 2.22. The van der Waals surface area contributed by atoms with Gasteiger partial charge in [0.15, 0.2) is 0 Å². The Balaban J connectivity index is 2.28. The van der Waals surface area contributed by atoms with Crippen molar-refractivity contribution < 1.29 is 13.2 Å². The van der Waals surface area contributed by atoms with Crippen molar-refractivity contribution in [2.24, 2.45) is 5.73 Å². The zero-order chi connectivity index (χ0) is 11.5. The topological polar surface area (TPSA) is 77.8 Å². The van der Waals surface area contributed by atoms with Crippen molar-refractivity contribution in [3.05, 3.63) is 29.9 Å². The summed E-state index contributed by atoms with van der Waals surface area (Å²) in [6.07, 6.45) is -1.32. The van der Waals surface area contributed by atoms with Crippen LogP contribution in [0.3, 0.4) is 0 Å². The lowest BCUT2D eigenvalue weighted by molar-refractivity contribution is 0.116. The summed E-state index contributed by atoms with van der Waals surface area (Å²) in [5, 5.41) is 6.71. The highest BCUT2D eigenvalue weighted by Gasteiger charge is 2.16. The van der Waals surface area contributed by atoms with Crippen LogP contribution in [0.2, 0.25) is 0 Å². The molecule has 0 aliphatic rings. The number of hydrogen-bond donors (Lipinski definition) is 1. The molecule has 0 aliphatic heterocycles.